The molecule has 2 aromatic carbocycles. The summed E-state index contributed by atoms with van der Waals surface area (Å²) in [5, 5.41) is 21.1. The Labute approximate surface area is 558 Å². The highest BCUT2D eigenvalue weighted by atomic mass is 32.2. The molecule has 0 saturated carbocycles. The molecule has 524 valence electrons. The van der Waals surface area contributed by atoms with Crippen molar-refractivity contribution >= 4 is 94.5 Å². The van der Waals surface area contributed by atoms with Crippen LogP contribution in [-0.4, -0.2) is 198 Å². The summed E-state index contributed by atoms with van der Waals surface area (Å²) >= 11 is 1.45. The van der Waals surface area contributed by atoms with Crippen molar-refractivity contribution in [1.82, 2.24) is 52.3 Å². The topological polar surface area (TPSA) is 519 Å². The zero-order chi connectivity index (χ0) is 70.1. The molecular weight excluding hydrogens is 1250 g/mol. The standard InChI is InChI=1S/C63H98N18O13S/c1-37(2)33-45(57(89)74-41(53(68)85)27-32-95-3)73-52(84)36-72-54(86)46(34-38-15-6-4-7-16-38)78-58(90)47(35-39-17-8-5-9-18-39)79-56(88)42(23-25-50(66)82)75-55(87)43(24-26-51(67)83)76-59(91)49-22-14-31-81(49)62(94)44(20-10-11-28-64)77-60(92)48-21-13-30-80(48)61(93)40(65)19-12-29-71-63(69)70/h4-9,15-18,37,40-49H,10-14,19-36,64-65H2,1-3H3,(H2,66,82)(H2,67,83)(H2,68,85)(H,72,86)(H,73,84)(H,74,89)(H,75,87)(H,76,91)(H,77,92)(H,78,90)(H,79,88)(H4,69,70,71)/t40-,41-,42+,43+,44+,45+,46+,47-,48-,49+/m0/s1. The number of likely N-dealkylation sites (tertiary alicyclic amines) is 2. The molecule has 32 heteroatoms. The van der Waals surface area contributed by atoms with E-state index in [-0.39, 0.29) is 83.0 Å². The van der Waals surface area contributed by atoms with Crippen molar-refractivity contribution in [3.8, 4) is 0 Å². The number of aliphatic imine (C=N–C) groups is 1. The van der Waals surface area contributed by atoms with Gasteiger partial charge >= 0.3 is 0 Å². The van der Waals surface area contributed by atoms with Gasteiger partial charge in [0.1, 0.15) is 54.4 Å². The van der Waals surface area contributed by atoms with Gasteiger partial charge in [-0.25, -0.2) is 0 Å². The maximum atomic E-state index is 14.7. The SMILES string of the molecule is CSCC[C@H](NC(=O)[C@@H](CC(C)C)NC(=O)CNC(=O)[C@@H](Cc1ccccc1)NC(=O)[C@H](Cc1ccccc1)NC(=O)[C@@H](CCC(N)=O)NC(=O)[C@@H](CCC(N)=O)NC(=O)[C@H]1CCCN1C(=O)[C@@H](CCCCN)NC(=O)[C@@H]1CCCN1C(=O)[C@@H](N)CCCN=C(N)N)C(N)=O. The van der Waals surface area contributed by atoms with E-state index in [0.717, 1.165) is 0 Å². The summed E-state index contributed by atoms with van der Waals surface area (Å²) in [7, 11) is 0. The molecule has 95 heavy (non-hydrogen) atoms. The molecule has 4 rings (SSSR count). The molecule has 0 spiro atoms. The second-order valence-corrected chi connectivity index (χ2v) is 25.1. The van der Waals surface area contributed by atoms with Gasteiger partial charge in [0.05, 0.1) is 12.6 Å². The van der Waals surface area contributed by atoms with Crippen LogP contribution in [0.5, 0.6) is 0 Å². The molecular formula is C63H98N18O13S. The largest absolute Gasteiger partial charge is 0.370 e. The van der Waals surface area contributed by atoms with E-state index in [4.69, 9.17) is 40.1 Å². The zero-order valence-electron chi connectivity index (χ0n) is 54.5. The Kier molecular flexibility index (Phi) is 33.9. The average molecular weight is 1350 g/mol. The predicted octanol–water partition coefficient (Wildman–Crippen LogP) is -3.71. The first kappa shape index (κ1) is 78.5. The lowest BCUT2D eigenvalue weighted by Gasteiger charge is -2.32. The lowest BCUT2D eigenvalue weighted by molar-refractivity contribution is -0.144. The van der Waals surface area contributed by atoms with E-state index < -0.39 is 169 Å². The van der Waals surface area contributed by atoms with E-state index in [9.17, 15) is 62.3 Å². The molecule has 2 aliphatic heterocycles. The van der Waals surface area contributed by atoms with Crippen molar-refractivity contribution in [2.24, 2.45) is 51.0 Å². The van der Waals surface area contributed by atoms with Crippen LogP contribution in [0.4, 0.5) is 0 Å². The number of unbranched alkanes of at least 4 members (excludes halogenated alkanes) is 1. The summed E-state index contributed by atoms with van der Waals surface area (Å²) in [4.78, 5) is 185. The smallest absolute Gasteiger partial charge is 0.245 e. The third-order valence-electron chi connectivity index (χ3n) is 16.0. The van der Waals surface area contributed by atoms with Gasteiger partial charge in [0, 0.05) is 45.3 Å². The van der Waals surface area contributed by atoms with Crippen molar-refractivity contribution in [2.45, 2.75) is 183 Å². The number of carbonyl (C=O) groups excluding carboxylic acids is 13. The number of primary amides is 3. The van der Waals surface area contributed by atoms with E-state index >= 15 is 0 Å². The van der Waals surface area contributed by atoms with Gasteiger partial charge in [0.15, 0.2) is 5.96 Å². The number of benzene rings is 2. The van der Waals surface area contributed by atoms with Gasteiger partial charge in [-0.3, -0.25) is 67.3 Å². The molecule has 22 N–H and O–H groups in total. The Bertz CT molecular complexity index is 2960. The van der Waals surface area contributed by atoms with Gasteiger partial charge < -0.3 is 92.5 Å². The molecule has 2 fully saturated rings. The van der Waals surface area contributed by atoms with Crippen LogP contribution < -0.4 is 82.7 Å². The second-order valence-electron chi connectivity index (χ2n) is 24.1. The molecule has 0 aromatic heterocycles. The van der Waals surface area contributed by atoms with Crippen LogP contribution in [0.15, 0.2) is 65.7 Å². The number of nitrogens with one attached hydrogen (secondary N) is 8. The number of thioether (sulfide) groups is 1. The first-order chi connectivity index (χ1) is 45.2. The molecule has 2 aliphatic rings. The van der Waals surface area contributed by atoms with Crippen molar-refractivity contribution in [3.63, 3.8) is 0 Å². The van der Waals surface area contributed by atoms with Crippen LogP contribution in [0.3, 0.4) is 0 Å². The summed E-state index contributed by atoms with van der Waals surface area (Å²) in [5.74, 6) is -9.80. The van der Waals surface area contributed by atoms with E-state index in [1.54, 1.807) is 60.7 Å². The van der Waals surface area contributed by atoms with Crippen LogP contribution in [0, 0.1) is 5.92 Å². The fourth-order valence-corrected chi connectivity index (χ4v) is 11.5. The maximum Gasteiger partial charge on any atom is 0.245 e. The molecule has 2 heterocycles. The number of hydrogen-bond acceptors (Lipinski definition) is 17. The van der Waals surface area contributed by atoms with Crippen LogP contribution in [-0.2, 0) is 75.2 Å². The Morgan fingerprint density at radius 2 is 1.01 bits per heavy atom. The first-order valence-corrected chi connectivity index (χ1v) is 33.6. The van der Waals surface area contributed by atoms with E-state index in [1.165, 1.54) is 21.6 Å². The molecule has 0 radical (unpaired) electrons. The molecule has 0 bridgehead atoms. The second kappa shape index (κ2) is 41.0. The van der Waals surface area contributed by atoms with Crippen LogP contribution >= 0.6 is 11.8 Å². The molecule has 13 amide bonds. The maximum absolute atomic E-state index is 14.7. The summed E-state index contributed by atoms with van der Waals surface area (Å²) in [5.41, 5.74) is 40.6. The first-order valence-electron chi connectivity index (χ1n) is 32.2. The summed E-state index contributed by atoms with van der Waals surface area (Å²) in [6.07, 6.45) is 3.12. The highest BCUT2D eigenvalue weighted by Gasteiger charge is 2.42. The Balaban J connectivity index is 1.56. The molecule has 0 aliphatic carbocycles. The minimum Gasteiger partial charge on any atom is -0.370 e. The van der Waals surface area contributed by atoms with Crippen molar-refractivity contribution in [3.05, 3.63) is 71.8 Å². The number of nitrogens with zero attached hydrogens (tertiary/aromatic N) is 3. The molecule has 0 unspecified atom stereocenters. The molecule has 31 nitrogen and oxygen atoms in total. The Hall–Kier alpha value is -8.91. The lowest BCUT2D eigenvalue weighted by atomic mass is 10.0. The number of nitrogens with two attached hydrogens (primary N) is 7. The zero-order valence-corrected chi connectivity index (χ0v) is 55.3. The predicted molar refractivity (Wildman–Crippen MR) is 356 cm³/mol. The van der Waals surface area contributed by atoms with E-state index in [1.807, 2.05) is 20.1 Å². The van der Waals surface area contributed by atoms with Gasteiger partial charge in [-0.2, -0.15) is 11.8 Å². The fraction of sp³-hybridized carbons (Fsp3) is 0.587. The number of rotatable bonds is 42. The quantitative estimate of drug-likeness (QED) is 0.0173. The molecule has 2 saturated heterocycles. The van der Waals surface area contributed by atoms with Crippen molar-refractivity contribution in [2.75, 3.05) is 44.7 Å². The van der Waals surface area contributed by atoms with Crippen LogP contribution in [0.25, 0.3) is 0 Å². The summed E-state index contributed by atoms with van der Waals surface area (Å²) in [6.45, 7) is 3.86. The third-order valence-corrected chi connectivity index (χ3v) is 16.7. The highest BCUT2D eigenvalue weighted by Crippen LogP contribution is 2.24. The summed E-state index contributed by atoms with van der Waals surface area (Å²) < 4.78 is 0. The average Bonchev–Trinajstić information content (AvgIpc) is 1.74. The van der Waals surface area contributed by atoms with Crippen LogP contribution in [0.2, 0.25) is 0 Å². The van der Waals surface area contributed by atoms with E-state index in [2.05, 4.69) is 47.5 Å². The molecule has 10 atom stereocenters. The van der Waals surface area contributed by atoms with Gasteiger partial charge in [-0.1, -0.05) is 74.5 Å². The monoisotopic (exact) mass is 1350 g/mol. The number of hydrogen-bond donors (Lipinski definition) is 15. The number of carbonyl (C=O) groups is 13. The lowest BCUT2D eigenvalue weighted by Crippen LogP contribution is -2.60. The minimum absolute atomic E-state index is 0.0736. The highest BCUT2D eigenvalue weighted by molar-refractivity contribution is 7.98. The minimum atomic E-state index is -1.64. The van der Waals surface area contributed by atoms with Gasteiger partial charge in [0.25, 0.3) is 0 Å². The van der Waals surface area contributed by atoms with Crippen LogP contribution in [0.1, 0.15) is 121 Å². The summed E-state index contributed by atoms with van der Waals surface area (Å²) in [6, 6.07) is 4.51. The fourth-order valence-electron chi connectivity index (χ4n) is 11.0. The van der Waals surface area contributed by atoms with Crippen molar-refractivity contribution in [1.29, 1.82) is 0 Å². The van der Waals surface area contributed by atoms with Gasteiger partial charge in [-0.05, 0) is 119 Å². The Morgan fingerprint density at radius 3 is 1.51 bits per heavy atom. The van der Waals surface area contributed by atoms with E-state index in [0.29, 0.717) is 55.4 Å². The number of guanidine groups is 1. The van der Waals surface area contributed by atoms with Crippen molar-refractivity contribution < 1.29 is 62.3 Å². The third kappa shape index (κ3) is 27.5. The van der Waals surface area contributed by atoms with Gasteiger partial charge in [-0.15, -0.1) is 0 Å². The number of amides is 13. The normalized spacial score (nSPS) is 16.8. The van der Waals surface area contributed by atoms with Gasteiger partial charge in [0.2, 0.25) is 76.8 Å². The molecule has 2 aromatic rings. The Morgan fingerprint density at radius 1 is 0.537 bits per heavy atom.